The molecule has 1 aliphatic rings. The van der Waals surface area contributed by atoms with Gasteiger partial charge in [0, 0.05) is 27.7 Å². The lowest BCUT2D eigenvalue weighted by atomic mass is 9.96. The molecule has 0 atom stereocenters. The van der Waals surface area contributed by atoms with Crippen LogP contribution in [0.2, 0.25) is 0 Å². The Morgan fingerprint density at radius 3 is 3.00 bits per heavy atom. The third-order valence-electron chi connectivity index (χ3n) is 4.80. The summed E-state index contributed by atoms with van der Waals surface area (Å²) < 4.78 is 39.2. The first-order chi connectivity index (χ1) is 15.6. The number of hydrogen-bond donors (Lipinski definition) is 3. The minimum atomic E-state index is -2.90. The molecule has 3 aromatic rings. The molecular formula is C19H24N8O. The van der Waals surface area contributed by atoms with E-state index in [4.69, 9.17) is 12.6 Å². The van der Waals surface area contributed by atoms with Crippen molar-refractivity contribution < 1.29 is 11.6 Å². The Morgan fingerprint density at radius 1 is 1.36 bits per heavy atom. The van der Waals surface area contributed by atoms with Crippen molar-refractivity contribution >= 4 is 34.3 Å². The topological polar surface area (TPSA) is 124 Å². The summed E-state index contributed by atoms with van der Waals surface area (Å²) in [5, 5.41) is 18.6. The largest absolute Gasteiger partial charge is 0.364 e. The highest BCUT2D eigenvalue weighted by Crippen LogP contribution is 2.24. The number of rotatable bonds is 6. The number of aryl methyl sites for hydroxylation is 1. The van der Waals surface area contributed by atoms with Crippen molar-refractivity contribution in [1.82, 2.24) is 25.0 Å². The van der Waals surface area contributed by atoms with Crippen LogP contribution in [0.1, 0.15) is 56.3 Å². The molecule has 1 aromatic carbocycles. The van der Waals surface area contributed by atoms with E-state index in [1.165, 1.54) is 18.7 Å². The summed E-state index contributed by atoms with van der Waals surface area (Å²) in [6, 6.07) is 5.00. The number of nitrogens with zero attached hydrogens (tertiary/aromatic N) is 5. The molecule has 1 saturated carbocycles. The second-order valence-electron chi connectivity index (χ2n) is 6.74. The number of anilines is 3. The van der Waals surface area contributed by atoms with Gasteiger partial charge in [0.1, 0.15) is 0 Å². The second-order valence-corrected chi connectivity index (χ2v) is 6.74. The minimum Gasteiger partial charge on any atom is -0.364 e. The molecule has 4 N–H and O–H groups in total. The Morgan fingerprint density at radius 2 is 2.21 bits per heavy atom. The standard InChI is InChI=1S/C19H24N8O/c1-2-27-15-9-8-14(10-12(15)11-21-27)22-18-16(17(20)28)25-26-19(24-18)23-13-6-4-3-5-7-13/h8-11,13H,2-7H2,1H3,(H2,20,28)(H2,22,23,24,26)/i1D3,2D2. The Kier molecular flexibility index (Phi) is 3.63. The maximum atomic E-state index is 11.8. The molecule has 1 amide bonds. The van der Waals surface area contributed by atoms with E-state index >= 15 is 0 Å². The molecule has 2 heterocycles. The van der Waals surface area contributed by atoms with Crippen LogP contribution >= 0.6 is 0 Å². The van der Waals surface area contributed by atoms with Crippen LogP contribution in [0.15, 0.2) is 24.4 Å². The lowest BCUT2D eigenvalue weighted by molar-refractivity contribution is 0.0995. The molecule has 0 unspecified atom stereocenters. The van der Waals surface area contributed by atoms with Crippen molar-refractivity contribution in [3.8, 4) is 0 Å². The Bertz CT molecular complexity index is 1170. The van der Waals surface area contributed by atoms with Gasteiger partial charge in [0.05, 0.1) is 14.5 Å². The lowest BCUT2D eigenvalue weighted by Gasteiger charge is -2.22. The van der Waals surface area contributed by atoms with Gasteiger partial charge >= 0.3 is 0 Å². The van der Waals surface area contributed by atoms with Gasteiger partial charge in [-0.3, -0.25) is 9.48 Å². The molecule has 2 aromatic heterocycles. The highest BCUT2D eigenvalue weighted by atomic mass is 16.1. The third kappa shape index (κ3) is 3.73. The van der Waals surface area contributed by atoms with E-state index in [0.717, 1.165) is 30.4 Å². The van der Waals surface area contributed by atoms with Gasteiger partial charge in [-0.1, -0.05) is 19.3 Å². The first kappa shape index (κ1) is 13.0. The average Bonchev–Trinajstić information content (AvgIpc) is 3.17. The van der Waals surface area contributed by atoms with Crippen molar-refractivity contribution in [3.63, 3.8) is 0 Å². The van der Waals surface area contributed by atoms with Gasteiger partial charge in [0.25, 0.3) is 5.91 Å². The maximum absolute atomic E-state index is 11.8. The highest BCUT2D eigenvalue weighted by Gasteiger charge is 2.18. The molecule has 0 spiro atoms. The van der Waals surface area contributed by atoms with E-state index in [9.17, 15) is 4.79 Å². The molecule has 28 heavy (non-hydrogen) atoms. The van der Waals surface area contributed by atoms with Crippen LogP contribution in [0.25, 0.3) is 10.9 Å². The quantitative estimate of drug-likeness (QED) is 0.596. The van der Waals surface area contributed by atoms with Gasteiger partial charge in [0.2, 0.25) is 5.95 Å². The number of nitrogens with one attached hydrogen (secondary N) is 2. The number of hydrogen-bond acceptors (Lipinski definition) is 7. The van der Waals surface area contributed by atoms with Crippen LogP contribution < -0.4 is 16.4 Å². The fraction of sp³-hybridized carbons (Fsp3) is 0.421. The monoisotopic (exact) mass is 385 g/mol. The summed E-state index contributed by atoms with van der Waals surface area (Å²) in [6.45, 7) is -5.58. The number of primary amides is 1. The van der Waals surface area contributed by atoms with Crippen LogP contribution in [-0.2, 0) is 6.50 Å². The first-order valence-electron chi connectivity index (χ1n) is 11.6. The van der Waals surface area contributed by atoms with Gasteiger partial charge < -0.3 is 16.4 Å². The maximum Gasteiger partial charge on any atom is 0.273 e. The Balaban J connectivity index is 1.63. The Hall–Kier alpha value is -3.23. The van der Waals surface area contributed by atoms with E-state index in [1.807, 2.05) is 0 Å². The van der Waals surface area contributed by atoms with E-state index in [0.29, 0.717) is 16.6 Å². The lowest BCUT2D eigenvalue weighted by Crippen LogP contribution is -2.25. The molecule has 0 aliphatic heterocycles. The van der Waals surface area contributed by atoms with Crippen molar-refractivity contribution in [2.75, 3.05) is 10.6 Å². The number of amides is 1. The molecule has 9 nitrogen and oxygen atoms in total. The molecular weight excluding hydrogens is 356 g/mol. The van der Waals surface area contributed by atoms with Gasteiger partial charge in [-0.2, -0.15) is 10.1 Å². The Labute approximate surface area is 169 Å². The van der Waals surface area contributed by atoms with E-state index in [1.54, 1.807) is 12.1 Å². The first-order valence-corrected chi connectivity index (χ1v) is 9.12. The summed E-state index contributed by atoms with van der Waals surface area (Å²) in [4.78, 5) is 16.2. The predicted molar refractivity (Wildman–Crippen MR) is 108 cm³/mol. The van der Waals surface area contributed by atoms with Crippen molar-refractivity contribution in [2.24, 2.45) is 5.73 Å². The molecule has 4 rings (SSSR count). The van der Waals surface area contributed by atoms with Gasteiger partial charge in [-0.05, 0) is 37.9 Å². The van der Waals surface area contributed by atoms with Gasteiger partial charge in [0.15, 0.2) is 11.5 Å². The van der Waals surface area contributed by atoms with E-state index in [2.05, 4.69) is 30.9 Å². The van der Waals surface area contributed by atoms with Crippen molar-refractivity contribution in [3.05, 3.63) is 30.1 Å². The molecule has 0 bridgehead atoms. The number of fused-ring (bicyclic) bond motifs is 1. The van der Waals surface area contributed by atoms with Crippen LogP contribution in [0, 0.1) is 0 Å². The fourth-order valence-electron chi connectivity index (χ4n) is 3.41. The average molecular weight is 385 g/mol. The fourth-order valence-corrected chi connectivity index (χ4v) is 3.41. The van der Waals surface area contributed by atoms with Crippen LogP contribution in [0.4, 0.5) is 17.5 Å². The molecule has 0 radical (unpaired) electrons. The second kappa shape index (κ2) is 7.79. The summed E-state index contributed by atoms with van der Waals surface area (Å²) in [7, 11) is 0. The molecule has 9 heteroatoms. The van der Waals surface area contributed by atoms with Crippen molar-refractivity contribution in [1.29, 1.82) is 0 Å². The van der Waals surface area contributed by atoms with Gasteiger partial charge in [-0.15, -0.1) is 10.2 Å². The number of aromatic nitrogens is 5. The molecule has 146 valence electrons. The van der Waals surface area contributed by atoms with E-state index in [-0.39, 0.29) is 23.5 Å². The molecule has 1 aliphatic carbocycles. The summed E-state index contributed by atoms with van der Waals surface area (Å²) in [5.74, 6) is -0.379. The van der Waals surface area contributed by atoms with Crippen LogP contribution in [0.5, 0.6) is 0 Å². The predicted octanol–water partition coefficient (Wildman–Crippen LogP) is 2.83. The number of nitrogens with two attached hydrogens (primary N) is 1. The summed E-state index contributed by atoms with van der Waals surface area (Å²) in [5.41, 5.74) is 6.11. The number of carbonyl (C=O) groups is 1. The summed E-state index contributed by atoms with van der Waals surface area (Å²) >= 11 is 0. The third-order valence-corrected chi connectivity index (χ3v) is 4.80. The smallest absolute Gasteiger partial charge is 0.273 e. The molecule has 1 fully saturated rings. The normalized spacial score (nSPS) is 18.5. The SMILES string of the molecule is [2H]C([2H])([2H])C([2H])([2H])n1ncc2cc(Nc3nc(NC4CCCCC4)nnc3C(N)=O)ccc21. The zero-order chi connectivity index (χ0) is 23.8. The zero-order valence-electron chi connectivity index (χ0n) is 20.1. The van der Waals surface area contributed by atoms with Crippen LogP contribution in [0.3, 0.4) is 0 Å². The van der Waals surface area contributed by atoms with Crippen molar-refractivity contribution in [2.45, 2.75) is 51.5 Å². The minimum absolute atomic E-state index is 0.125. The highest BCUT2D eigenvalue weighted by molar-refractivity contribution is 5.96. The molecule has 0 saturated heterocycles. The van der Waals surface area contributed by atoms with E-state index < -0.39 is 19.3 Å². The number of benzene rings is 1. The van der Waals surface area contributed by atoms with Gasteiger partial charge in [-0.25, -0.2) is 0 Å². The summed E-state index contributed by atoms with van der Waals surface area (Å²) in [6.07, 6.45) is 6.85. The number of carbonyl (C=O) groups excluding carboxylic acids is 1. The van der Waals surface area contributed by atoms with Crippen LogP contribution in [-0.4, -0.2) is 36.9 Å². The zero-order valence-corrected chi connectivity index (χ0v) is 15.1.